The van der Waals surface area contributed by atoms with Gasteiger partial charge in [-0.2, -0.15) is 0 Å². The molecule has 3 rings (SSSR count). The molecular formula is C19H30N4O4. The lowest BCUT2D eigenvalue weighted by Gasteiger charge is -2.32. The largest absolute Gasteiger partial charge is 0.379 e. The molecule has 8 nitrogen and oxygen atoms in total. The number of amides is 2. The molecule has 2 heterocycles. The summed E-state index contributed by atoms with van der Waals surface area (Å²) in [6.07, 6.45) is 5.24. The minimum absolute atomic E-state index is 0.0468. The van der Waals surface area contributed by atoms with E-state index in [1.165, 1.54) is 6.42 Å². The van der Waals surface area contributed by atoms with Gasteiger partial charge >= 0.3 is 0 Å². The minimum atomic E-state index is -0.241. The fourth-order valence-corrected chi connectivity index (χ4v) is 3.74. The number of anilines is 1. The molecule has 0 spiro atoms. The summed E-state index contributed by atoms with van der Waals surface area (Å²) in [7, 11) is 0. The molecular weight excluding hydrogens is 348 g/mol. The molecule has 150 valence electrons. The number of carbonyl (C=O) groups is 2. The lowest BCUT2D eigenvalue weighted by atomic mass is 9.88. The smallest absolute Gasteiger partial charge is 0.245 e. The van der Waals surface area contributed by atoms with Crippen LogP contribution in [0.1, 0.15) is 37.9 Å². The van der Waals surface area contributed by atoms with Crippen LogP contribution in [0.4, 0.5) is 5.82 Å². The molecule has 0 radical (unpaired) electrons. The second kappa shape index (κ2) is 9.85. The average molecular weight is 378 g/mol. The van der Waals surface area contributed by atoms with E-state index in [9.17, 15) is 9.59 Å². The molecule has 0 aromatic carbocycles. The standard InChI is InChI=1S/C19H30N4O4/c1-15-13-17(21-27-15)20-18(24)14-23(8-7-22-9-11-26-12-10-22)19(25)16-5-3-2-4-6-16/h13,16H,2-12,14H2,1H3,(H,20,21,24). The summed E-state index contributed by atoms with van der Waals surface area (Å²) in [6, 6.07) is 1.67. The van der Waals surface area contributed by atoms with Crippen LogP contribution in [-0.4, -0.2) is 72.7 Å². The third-order valence-corrected chi connectivity index (χ3v) is 5.29. The topological polar surface area (TPSA) is 87.9 Å². The lowest BCUT2D eigenvalue weighted by Crippen LogP contribution is -2.47. The molecule has 0 atom stereocenters. The molecule has 1 aliphatic carbocycles. The summed E-state index contributed by atoms with van der Waals surface area (Å²) in [5.74, 6) is 0.929. The van der Waals surface area contributed by atoms with Gasteiger partial charge in [0, 0.05) is 38.2 Å². The second-order valence-electron chi connectivity index (χ2n) is 7.42. The Hall–Kier alpha value is -1.93. The van der Waals surface area contributed by atoms with Crippen LogP contribution in [0.2, 0.25) is 0 Å². The maximum absolute atomic E-state index is 13.0. The second-order valence-corrected chi connectivity index (χ2v) is 7.42. The molecule has 0 unspecified atom stereocenters. The Morgan fingerprint density at radius 1 is 1.26 bits per heavy atom. The highest BCUT2D eigenvalue weighted by Crippen LogP contribution is 2.25. The number of ether oxygens (including phenoxy) is 1. The minimum Gasteiger partial charge on any atom is -0.379 e. The van der Waals surface area contributed by atoms with Crippen molar-refractivity contribution in [1.29, 1.82) is 0 Å². The van der Waals surface area contributed by atoms with Crippen molar-refractivity contribution in [2.75, 3.05) is 51.3 Å². The van der Waals surface area contributed by atoms with Crippen LogP contribution in [0.25, 0.3) is 0 Å². The zero-order valence-electron chi connectivity index (χ0n) is 16.1. The van der Waals surface area contributed by atoms with Crippen LogP contribution < -0.4 is 5.32 Å². The number of rotatable bonds is 7. The zero-order chi connectivity index (χ0) is 19.1. The number of hydrogen-bond donors (Lipinski definition) is 1. The fraction of sp³-hybridized carbons (Fsp3) is 0.737. The molecule has 2 aliphatic rings. The van der Waals surface area contributed by atoms with Gasteiger partial charge in [0.1, 0.15) is 5.76 Å². The van der Waals surface area contributed by atoms with E-state index in [0.29, 0.717) is 18.1 Å². The predicted octanol–water partition coefficient (Wildman–Crippen LogP) is 1.66. The lowest BCUT2D eigenvalue weighted by molar-refractivity contribution is -0.139. The zero-order valence-corrected chi connectivity index (χ0v) is 16.1. The van der Waals surface area contributed by atoms with Crippen molar-refractivity contribution in [2.45, 2.75) is 39.0 Å². The molecule has 1 aromatic rings. The van der Waals surface area contributed by atoms with Gasteiger partial charge in [-0.25, -0.2) is 0 Å². The number of aryl methyl sites for hydroxylation is 1. The Balaban J connectivity index is 1.58. The van der Waals surface area contributed by atoms with Crippen LogP contribution in [0, 0.1) is 12.8 Å². The molecule has 1 saturated carbocycles. The predicted molar refractivity (Wildman–Crippen MR) is 100 cm³/mol. The van der Waals surface area contributed by atoms with E-state index in [0.717, 1.165) is 58.5 Å². The summed E-state index contributed by atoms with van der Waals surface area (Å²) >= 11 is 0. The highest BCUT2D eigenvalue weighted by atomic mass is 16.5. The first-order chi connectivity index (χ1) is 13.1. The van der Waals surface area contributed by atoms with Crippen molar-refractivity contribution < 1.29 is 18.8 Å². The Morgan fingerprint density at radius 3 is 2.67 bits per heavy atom. The van der Waals surface area contributed by atoms with Gasteiger partial charge in [-0.15, -0.1) is 0 Å². The average Bonchev–Trinajstić information content (AvgIpc) is 3.10. The Labute approximate surface area is 160 Å². The number of nitrogens with zero attached hydrogens (tertiary/aromatic N) is 3. The molecule has 2 amide bonds. The van der Waals surface area contributed by atoms with Crippen molar-refractivity contribution >= 4 is 17.6 Å². The van der Waals surface area contributed by atoms with Crippen LogP contribution in [0.3, 0.4) is 0 Å². The summed E-state index contributed by atoms with van der Waals surface area (Å²) in [6.45, 7) is 6.32. The molecule has 1 N–H and O–H groups in total. The molecule has 1 aliphatic heterocycles. The van der Waals surface area contributed by atoms with Crippen molar-refractivity contribution in [3.8, 4) is 0 Å². The summed E-state index contributed by atoms with van der Waals surface area (Å²) < 4.78 is 10.4. The SMILES string of the molecule is Cc1cc(NC(=O)CN(CCN2CCOCC2)C(=O)C2CCCCC2)no1. The Kier molecular flexibility index (Phi) is 7.23. The molecule has 27 heavy (non-hydrogen) atoms. The maximum Gasteiger partial charge on any atom is 0.245 e. The van der Waals surface area contributed by atoms with Gasteiger partial charge in [0.05, 0.1) is 19.8 Å². The first-order valence-corrected chi connectivity index (χ1v) is 9.94. The number of carbonyl (C=O) groups excluding carboxylic acids is 2. The highest BCUT2D eigenvalue weighted by Gasteiger charge is 2.28. The van der Waals surface area contributed by atoms with Crippen molar-refractivity contribution in [1.82, 2.24) is 15.0 Å². The number of nitrogens with one attached hydrogen (secondary N) is 1. The van der Waals surface area contributed by atoms with Crippen LogP contribution in [-0.2, 0) is 14.3 Å². The van der Waals surface area contributed by atoms with Gasteiger partial charge in [-0.05, 0) is 19.8 Å². The normalized spacial score (nSPS) is 19.0. The van der Waals surface area contributed by atoms with Gasteiger partial charge < -0.3 is 19.5 Å². The molecule has 1 aromatic heterocycles. The quantitative estimate of drug-likeness (QED) is 0.776. The van der Waals surface area contributed by atoms with E-state index in [1.54, 1.807) is 17.9 Å². The van der Waals surface area contributed by atoms with Crippen molar-refractivity contribution in [3.05, 3.63) is 11.8 Å². The third kappa shape index (κ3) is 6.04. The van der Waals surface area contributed by atoms with Gasteiger partial charge in [-0.3, -0.25) is 14.5 Å². The highest BCUT2D eigenvalue weighted by molar-refractivity contribution is 5.94. The van der Waals surface area contributed by atoms with Crippen LogP contribution >= 0.6 is 0 Å². The van der Waals surface area contributed by atoms with E-state index in [-0.39, 0.29) is 24.3 Å². The number of morpholine rings is 1. The summed E-state index contributed by atoms with van der Waals surface area (Å²) in [5, 5.41) is 6.50. The van der Waals surface area contributed by atoms with Gasteiger partial charge in [-0.1, -0.05) is 24.4 Å². The Bertz CT molecular complexity index is 621. The summed E-state index contributed by atoms with van der Waals surface area (Å²) in [5.41, 5.74) is 0. The van der Waals surface area contributed by atoms with E-state index in [1.807, 2.05) is 0 Å². The van der Waals surface area contributed by atoms with E-state index in [2.05, 4.69) is 15.4 Å². The van der Waals surface area contributed by atoms with Crippen molar-refractivity contribution in [2.24, 2.45) is 5.92 Å². The van der Waals surface area contributed by atoms with Gasteiger partial charge in [0.15, 0.2) is 5.82 Å². The van der Waals surface area contributed by atoms with Gasteiger partial charge in [0.25, 0.3) is 0 Å². The first kappa shape index (κ1) is 19.8. The summed E-state index contributed by atoms with van der Waals surface area (Å²) in [4.78, 5) is 29.5. The van der Waals surface area contributed by atoms with E-state index >= 15 is 0 Å². The van der Waals surface area contributed by atoms with Crippen LogP contribution in [0.15, 0.2) is 10.6 Å². The molecule has 8 heteroatoms. The maximum atomic E-state index is 13.0. The molecule has 1 saturated heterocycles. The molecule has 0 bridgehead atoms. The monoisotopic (exact) mass is 378 g/mol. The fourth-order valence-electron chi connectivity index (χ4n) is 3.74. The Morgan fingerprint density at radius 2 is 2.00 bits per heavy atom. The van der Waals surface area contributed by atoms with Crippen molar-refractivity contribution in [3.63, 3.8) is 0 Å². The van der Waals surface area contributed by atoms with E-state index < -0.39 is 0 Å². The number of hydrogen-bond acceptors (Lipinski definition) is 6. The van der Waals surface area contributed by atoms with Gasteiger partial charge in [0.2, 0.25) is 11.8 Å². The first-order valence-electron chi connectivity index (χ1n) is 9.94. The van der Waals surface area contributed by atoms with Crippen LogP contribution in [0.5, 0.6) is 0 Å². The number of aromatic nitrogens is 1. The third-order valence-electron chi connectivity index (χ3n) is 5.29. The van der Waals surface area contributed by atoms with E-state index in [4.69, 9.17) is 9.26 Å². The molecule has 2 fully saturated rings.